The molecular formula is C13H20N4O. The first-order chi connectivity index (χ1) is 8.75. The molecule has 1 saturated heterocycles. The molecule has 0 N–H and O–H groups in total. The van der Waals surface area contributed by atoms with Gasteiger partial charge in [-0.1, -0.05) is 0 Å². The maximum absolute atomic E-state index is 12.5. The summed E-state index contributed by atoms with van der Waals surface area (Å²) in [6, 6.07) is 0.0296. The fourth-order valence-electron chi connectivity index (χ4n) is 2.92. The maximum atomic E-state index is 12.5. The van der Waals surface area contributed by atoms with Gasteiger partial charge in [-0.3, -0.25) is 9.69 Å². The third kappa shape index (κ3) is 2.03. The molecule has 5 heteroatoms. The predicted molar refractivity (Wildman–Crippen MR) is 67.9 cm³/mol. The lowest BCUT2D eigenvalue weighted by molar-refractivity contribution is -0.137. The molecule has 1 aromatic rings. The first-order valence-corrected chi connectivity index (χ1v) is 6.77. The van der Waals surface area contributed by atoms with Crippen molar-refractivity contribution in [3.05, 3.63) is 18.2 Å². The third-order valence-electron chi connectivity index (χ3n) is 4.12. The van der Waals surface area contributed by atoms with Crippen LogP contribution in [0.5, 0.6) is 0 Å². The normalized spacial score (nSPS) is 21.9. The SMILES string of the molecule is C[C@H](C(=O)N1CCn2cncc2C1)N1CCCC1. The Bertz CT molecular complexity index is 436. The van der Waals surface area contributed by atoms with E-state index in [9.17, 15) is 4.79 Å². The van der Waals surface area contributed by atoms with Crippen molar-refractivity contribution in [3.8, 4) is 0 Å². The Hall–Kier alpha value is -1.36. The molecule has 98 valence electrons. The van der Waals surface area contributed by atoms with Crippen LogP contribution in [0.4, 0.5) is 0 Å². The maximum Gasteiger partial charge on any atom is 0.240 e. The average molecular weight is 248 g/mol. The van der Waals surface area contributed by atoms with E-state index in [0.717, 1.165) is 31.9 Å². The van der Waals surface area contributed by atoms with E-state index >= 15 is 0 Å². The van der Waals surface area contributed by atoms with E-state index in [1.807, 2.05) is 24.3 Å². The molecule has 1 amide bonds. The fourth-order valence-corrected chi connectivity index (χ4v) is 2.92. The fraction of sp³-hybridized carbons (Fsp3) is 0.692. The van der Waals surface area contributed by atoms with Gasteiger partial charge in [0.2, 0.25) is 5.91 Å². The van der Waals surface area contributed by atoms with Crippen molar-refractivity contribution >= 4 is 5.91 Å². The molecule has 0 saturated carbocycles. The Morgan fingerprint density at radius 2 is 2.06 bits per heavy atom. The number of hydrogen-bond donors (Lipinski definition) is 0. The van der Waals surface area contributed by atoms with Crippen LogP contribution < -0.4 is 0 Å². The van der Waals surface area contributed by atoms with Crippen LogP contribution in [-0.4, -0.2) is 50.9 Å². The molecule has 3 rings (SSSR count). The van der Waals surface area contributed by atoms with Crippen molar-refractivity contribution in [3.63, 3.8) is 0 Å². The summed E-state index contributed by atoms with van der Waals surface area (Å²) in [4.78, 5) is 20.9. The Labute approximate surface area is 107 Å². The summed E-state index contributed by atoms with van der Waals surface area (Å²) in [5.41, 5.74) is 1.14. The summed E-state index contributed by atoms with van der Waals surface area (Å²) in [5, 5.41) is 0. The third-order valence-corrected chi connectivity index (χ3v) is 4.12. The zero-order valence-corrected chi connectivity index (χ0v) is 10.9. The van der Waals surface area contributed by atoms with Crippen molar-refractivity contribution < 1.29 is 4.79 Å². The van der Waals surface area contributed by atoms with Gasteiger partial charge in [-0.15, -0.1) is 0 Å². The van der Waals surface area contributed by atoms with Gasteiger partial charge in [0, 0.05) is 19.3 Å². The Morgan fingerprint density at radius 3 is 2.83 bits per heavy atom. The molecule has 2 aliphatic rings. The standard InChI is InChI=1S/C13H20N4O/c1-11(15-4-2-3-5-15)13(18)16-6-7-17-10-14-8-12(17)9-16/h8,10-11H,2-7,9H2,1H3/t11-/m1/s1. The van der Waals surface area contributed by atoms with Gasteiger partial charge in [0.05, 0.1) is 24.6 Å². The van der Waals surface area contributed by atoms with E-state index in [2.05, 4.69) is 14.5 Å². The van der Waals surface area contributed by atoms with Crippen LogP contribution in [0.2, 0.25) is 0 Å². The molecule has 5 nitrogen and oxygen atoms in total. The number of hydrogen-bond acceptors (Lipinski definition) is 3. The van der Waals surface area contributed by atoms with Crippen molar-refractivity contribution in [2.24, 2.45) is 0 Å². The molecule has 0 bridgehead atoms. The smallest absolute Gasteiger partial charge is 0.240 e. The minimum Gasteiger partial charge on any atom is -0.334 e. The van der Waals surface area contributed by atoms with Crippen molar-refractivity contribution in [1.29, 1.82) is 0 Å². The lowest BCUT2D eigenvalue weighted by atomic mass is 10.2. The lowest BCUT2D eigenvalue weighted by Crippen LogP contribution is -2.48. The molecule has 1 aromatic heterocycles. The van der Waals surface area contributed by atoms with E-state index in [1.165, 1.54) is 12.8 Å². The summed E-state index contributed by atoms with van der Waals surface area (Å²) in [7, 11) is 0. The van der Waals surface area contributed by atoms with Crippen LogP contribution in [0.1, 0.15) is 25.5 Å². The topological polar surface area (TPSA) is 41.4 Å². The second-order valence-corrected chi connectivity index (χ2v) is 5.26. The number of amides is 1. The molecule has 0 radical (unpaired) electrons. The van der Waals surface area contributed by atoms with Gasteiger partial charge in [0.1, 0.15) is 0 Å². The summed E-state index contributed by atoms with van der Waals surface area (Å²) < 4.78 is 2.13. The van der Waals surface area contributed by atoms with Gasteiger partial charge in [0.25, 0.3) is 0 Å². The van der Waals surface area contributed by atoms with Gasteiger partial charge >= 0.3 is 0 Å². The molecular weight excluding hydrogens is 228 g/mol. The second kappa shape index (κ2) is 4.72. The zero-order valence-electron chi connectivity index (χ0n) is 10.9. The number of carbonyl (C=O) groups excluding carboxylic acids is 1. The van der Waals surface area contributed by atoms with Crippen molar-refractivity contribution in [2.45, 2.75) is 38.9 Å². The van der Waals surface area contributed by atoms with Gasteiger partial charge in [0.15, 0.2) is 0 Å². The highest BCUT2D eigenvalue weighted by atomic mass is 16.2. The van der Waals surface area contributed by atoms with Crippen LogP contribution in [0, 0.1) is 0 Å². The highest BCUT2D eigenvalue weighted by molar-refractivity contribution is 5.81. The Kier molecular flexibility index (Phi) is 3.07. The van der Waals surface area contributed by atoms with Gasteiger partial charge in [-0.25, -0.2) is 4.98 Å². The highest BCUT2D eigenvalue weighted by Gasteiger charge is 2.29. The number of imidazole rings is 1. The molecule has 0 unspecified atom stereocenters. The zero-order chi connectivity index (χ0) is 12.5. The molecule has 0 aromatic carbocycles. The van der Waals surface area contributed by atoms with Crippen LogP contribution in [0.25, 0.3) is 0 Å². The highest BCUT2D eigenvalue weighted by Crippen LogP contribution is 2.17. The van der Waals surface area contributed by atoms with Crippen LogP contribution in [0.3, 0.4) is 0 Å². The molecule has 1 atom stereocenters. The predicted octanol–water partition coefficient (Wildman–Crippen LogP) is 0.710. The van der Waals surface area contributed by atoms with Gasteiger partial charge in [-0.2, -0.15) is 0 Å². The monoisotopic (exact) mass is 248 g/mol. The minimum absolute atomic E-state index is 0.0296. The van der Waals surface area contributed by atoms with E-state index < -0.39 is 0 Å². The van der Waals surface area contributed by atoms with Crippen LogP contribution in [-0.2, 0) is 17.9 Å². The molecule has 2 aliphatic heterocycles. The first-order valence-electron chi connectivity index (χ1n) is 6.77. The number of fused-ring (bicyclic) bond motifs is 1. The second-order valence-electron chi connectivity index (χ2n) is 5.26. The Morgan fingerprint density at radius 1 is 1.28 bits per heavy atom. The number of likely N-dealkylation sites (tertiary alicyclic amines) is 1. The summed E-state index contributed by atoms with van der Waals surface area (Å²) in [6.07, 6.45) is 6.16. The van der Waals surface area contributed by atoms with E-state index in [1.54, 1.807) is 0 Å². The molecule has 3 heterocycles. The van der Waals surface area contributed by atoms with Crippen molar-refractivity contribution in [1.82, 2.24) is 19.4 Å². The van der Waals surface area contributed by atoms with Crippen LogP contribution in [0.15, 0.2) is 12.5 Å². The average Bonchev–Trinajstić information content (AvgIpc) is 3.06. The Balaban J connectivity index is 1.66. The summed E-state index contributed by atoms with van der Waals surface area (Å²) in [5.74, 6) is 0.268. The first kappa shape index (κ1) is 11.7. The van der Waals surface area contributed by atoms with Gasteiger partial charge in [-0.05, 0) is 32.9 Å². The number of carbonyl (C=O) groups is 1. The molecule has 1 fully saturated rings. The quantitative estimate of drug-likeness (QED) is 0.774. The number of nitrogens with zero attached hydrogens (tertiary/aromatic N) is 4. The number of aromatic nitrogens is 2. The summed E-state index contributed by atoms with van der Waals surface area (Å²) >= 11 is 0. The minimum atomic E-state index is 0.0296. The van der Waals surface area contributed by atoms with E-state index in [-0.39, 0.29) is 11.9 Å². The molecule has 18 heavy (non-hydrogen) atoms. The van der Waals surface area contributed by atoms with E-state index in [4.69, 9.17) is 0 Å². The van der Waals surface area contributed by atoms with E-state index in [0.29, 0.717) is 6.54 Å². The van der Waals surface area contributed by atoms with Gasteiger partial charge < -0.3 is 9.47 Å². The largest absolute Gasteiger partial charge is 0.334 e. The lowest BCUT2D eigenvalue weighted by Gasteiger charge is -2.33. The molecule has 0 spiro atoms. The van der Waals surface area contributed by atoms with Crippen molar-refractivity contribution in [2.75, 3.05) is 19.6 Å². The summed E-state index contributed by atoms with van der Waals surface area (Å²) in [6.45, 7) is 6.56. The van der Waals surface area contributed by atoms with Crippen LogP contribution >= 0.6 is 0 Å². The molecule has 0 aliphatic carbocycles. The number of rotatable bonds is 2.